The number of anilines is 1. The van der Waals surface area contributed by atoms with Gasteiger partial charge in [0.15, 0.2) is 11.0 Å². The Kier molecular flexibility index (Phi) is 10.6. The van der Waals surface area contributed by atoms with Crippen molar-refractivity contribution in [2.24, 2.45) is 0 Å². The Morgan fingerprint density at radius 3 is 2.20 bits per heavy atom. The summed E-state index contributed by atoms with van der Waals surface area (Å²) in [5.41, 5.74) is -0.789. The molecule has 0 atom stereocenters. The normalized spacial score (nSPS) is 11.9. The topological polar surface area (TPSA) is 126 Å². The number of carbonyl (C=O) groups is 2. The second kappa shape index (κ2) is 14.2. The lowest BCUT2D eigenvalue weighted by Gasteiger charge is -2.18. The van der Waals surface area contributed by atoms with E-state index < -0.39 is 45.1 Å². The fraction of sp³-hybridized carbons (Fsp3) is 0.241. The van der Waals surface area contributed by atoms with Crippen LogP contribution >= 0.6 is 11.8 Å². The molecule has 0 fully saturated rings. The lowest BCUT2D eigenvalue weighted by molar-refractivity contribution is -0.137. The fourth-order valence-corrected chi connectivity index (χ4v) is 6.49. The lowest BCUT2D eigenvalue weighted by atomic mass is 10.1. The molecule has 0 saturated heterocycles. The molecule has 0 unspecified atom stereocenters. The summed E-state index contributed by atoms with van der Waals surface area (Å²) < 4.78 is 81.9. The number of aromatic nitrogens is 3. The Morgan fingerprint density at radius 2 is 1.58 bits per heavy atom. The Labute approximate surface area is 260 Å². The van der Waals surface area contributed by atoms with Crippen molar-refractivity contribution < 1.29 is 35.6 Å². The van der Waals surface area contributed by atoms with E-state index in [0.29, 0.717) is 18.8 Å². The van der Waals surface area contributed by atoms with Gasteiger partial charge in [-0.05, 0) is 60.7 Å². The molecular weight excluding hydrogens is 636 g/mol. The molecule has 0 aliphatic carbocycles. The molecule has 238 valence electrons. The molecule has 1 aromatic heterocycles. The second-order valence-electron chi connectivity index (χ2n) is 9.39. The Morgan fingerprint density at radius 1 is 0.933 bits per heavy atom. The number of para-hydroxylation sites is 1. The molecule has 2 N–H and O–H groups in total. The van der Waals surface area contributed by atoms with E-state index in [4.69, 9.17) is 0 Å². The molecule has 4 aromatic rings. The molecule has 10 nitrogen and oxygen atoms in total. The second-order valence-corrected chi connectivity index (χ2v) is 12.3. The first-order valence-electron chi connectivity index (χ1n) is 13.5. The van der Waals surface area contributed by atoms with Crippen molar-refractivity contribution in [2.75, 3.05) is 24.2 Å². The van der Waals surface area contributed by atoms with Gasteiger partial charge in [-0.15, -0.1) is 10.2 Å². The minimum atomic E-state index is -4.66. The van der Waals surface area contributed by atoms with E-state index in [2.05, 4.69) is 20.8 Å². The van der Waals surface area contributed by atoms with Crippen molar-refractivity contribution in [1.29, 1.82) is 0 Å². The number of carbonyl (C=O) groups excluding carboxylic acids is 2. The summed E-state index contributed by atoms with van der Waals surface area (Å²) in [7, 11) is -3.70. The minimum absolute atomic E-state index is 0.0476. The first kappa shape index (κ1) is 33.6. The summed E-state index contributed by atoms with van der Waals surface area (Å²) in [6, 6.07) is 15.3. The zero-order valence-electron chi connectivity index (χ0n) is 24.0. The van der Waals surface area contributed by atoms with Crippen LogP contribution in [0.4, 0.5) is 23.2 Å². The average molecular weight is 665 g/mol. The van der Waals surface area contributed by atoms with E-state index >= 15 is 0 Å². The lowest BCUT2D eigenvalue weighted by Crippen LogP contribution is -2.30. The molecule has 1 heterocycles. The maximum Gasteiger partial charge on any atom is 0.418 e. The number of halogens is 4. The monoisotopic (exact) mass is 664 g/mol. The number of benzene rings is 3. The number of alkyl halides is 3. The third kappa shape index (κ3) is 8.06. The minimum Gasteiger partial charge on any atom is -0.345 e. The van der Waals surface area contributed by atoms with Gasteiger partial charge in [0.2, 0.25) is 15.9 Å². The van der Waals surface area contributed by atoms with E-state index in [1.807, 2.05) is 0 Å². The van der Waals surface area contributed by atoms with Gasteiger partial charge in [0.1, 0.15) is 5.82 Å². The standard InChI is InChI=1S/C29H28F4N6O4S2/c1-3-38(4-2)45(42,43)22-15-9-19(10-16-22)27(41)34-17-25-36-37-28(39(25)21-13-11-20(30)12-14-21)44-18-26(40)35-24-8-6-5-7-23(24)29(31,32)33/h5-16H,3-4,17-18H2,1-2H3,(H,34,41)(H,35,40). The van der Waals surface area contributed by atoms with Gasteiger partial charge in [0, 0.05) is 24.3 Å². The molecule has 0 aliphatic rings. The van der Waals surface area contributed by atoms with Crippen molar-refractivity contribution >= 4 is 39.3 Å². The smallest absolute Gasteiger partial charge is 0.345 e. The van der Waals surface area contributed by atoms with Gasteiger partial charge in [0.25, 0.3) is 5.91 Å². The summed E-state index contributed by atoms with van der Waals surface area (Å²) >= 11 is 0.877. The summed E-state index contributed by atoms with van der Waals surface area (Å²) in [6.07, 6.45) is -4.66. The molecule has 0 saturated carbocycles. The molecule has 16 heteroatoms. The van der Waals surface area contributed by atoms with Gasteiger partial charge in [-0.25, -0.2) is 12.8 Å². The van der Waals surface area contributed by atoms with Crippen LogP contribution in [0, 0.1) is 5.82 Å². The number of hydrogen-bond donors (Lipinski definition) is 2. The third-order valence-electron chi connectivity index (χ3n) is 6.49. The van der Waals surface area contributed by atoms with Gasteiger partial charge in [0.05, 0.1) is 28.4 Å². The Hall–Kier alpha value is -4.28. The summed E-state index contributed by atoms with van der Waals surface area (Å²) in [5.74, 6) is -1.90. The quantitative estimate of drug-likeness (QED) is 0.159. The number of sulfonamides is 1. The molecular formula is C29H28F4N6O4S2. The number of amides is 2. The average Bonchev–Trinajstić information content (AvgIpc) is 3.42. The zero-order chi connectivity index (χ0) is 32.8. The molecule has 45 heavy (non-hydrogen) atoms. The number of rotatable bonds is 12. The Balaban J connectivity index is 1.49. The van der Waals surface area contributed by atoms with Crippen molar-refractivity contribution in [3.05, 3.63) is 95.6 Å². The molecule has 0 radical (unpaired) electrons. The van der Waals surface area contributed by atoms with Crippen molar-refractivity contribution in [3.63, 3.8) is 0 Å². The Bertz CT molecular complexity index is 1760. The number of nitrogens with one attached hydrogen (secondary N) is 2. The fourth-order valence-electron chi connectivity index (χ4n) is 4.27. The molecule has 3 aromatic carbocycles. The van der Waals surface area contributed by atoms with Gasteiger partial charge in [-0.3, -0.25) is 14.2 Å². The summed E-state index contributed by atoms with van der Waals surface area (Å²) in [6.45, 7) is 3.89. The third-order valence-corrected chi connectivity index (χ3v) is 9.48. The molecule has 2 amide bonds. The predicted molar refractivity (Wildman–Crippen MR) is 160 cm³/mol. The van der Waals surface area contributed by atoms with Crippen LogP contribution in [0.1, 0.15) is 35.6 Å². The van der Waals surface area contributed by atoms with Crippen molar-refractivity contribution in [2.45, 2.75) is 36.6 Å². The van der Waals surface area contributed by atoms with Crippen molar-refractivity contribution in [3.8, 4) is 5.69 Å². The van der Waals surface area contributed by atoms with Gasteiger partial charge in [-0.2, -0.15) is 17.5 Å². The molecule has 0 aliphatic heterocycles. The van der Waals surface area contributed by atoms with Crippen LogP contribution in [-0.2, 0) is 27.5 Å². The molecule has 0 bridgehead atoms. The first-order valence-corrected chi connectivity index (χ1v) is 15.9. The van der Waals surface area contributed by atoms with Gasteiger partial charge in [-0.1, -0.05) is 37.7 Å². The highest BCUT2D eigenvalue weighted by molar-refractivity contribution is 7.99. The van der Waals surface area contributed by atoms with E-state index in [1.165, 1.54) is 69.5 Å². The highest BCUT2D eigenvalue weighted by Gasteiger charge is 2.33. The van der Waals surface area contributed by atoms with E-state index in [1.54, 1.807) is 13.8 Å². The summed E-state index contributed by atoms with van der Waals surface area (Å²) in [5, 5.41) is 13.3. The van der Waals surface area contributed by atoms with E-state index in [9.17, 15) is 35.6 Å². The molecule has 4 rings (SSSR count). The van der Waals surface area contributed by atoms with Crippen LogP contribution in [0.5, 0.6) is 0 Å². The molecule has 0 spiro atoms. The van der Waals surface area contributed by atoms with Crippen LogP contribution in [0.3, 0.4) is 0 Å². The van der Waals surface area contributed by atoms with E-state index in [-0.39, 0.29) is 33.7 Å². The van der Waals surface area contributed by atoms with Crippen LogP contribution in [0.25, 0.3) is 5.69 Å². The summed E-state index contributed by atoms with van der Waals surface area (Å²) in [4.78, 5) is 25.5. The number of thioether (sulfide) groups is 1. The van der Waals surface area contributed by atoms with Gasteiger partial charge < -0.3 is 10.6 Å². The maximum absolute atomic E-state index is 13.7. The number of hydrogen-bond acceptors (Lipinski definition) is 7. The van der Waals surface area contributed by atoms with Gasteiger partial charge >= 0.3 is 6.18 Å². The van der Waals surface area contributed by atoms with Crippen LogP contribution in [0.15, 0.2) is 82.8 Å². The zero-order valence-corrected chi connectivity index (χ0v) is 25.6. The van der Waals surface area contributed by atoms with Crippen LogP contribution in [-0.4, -0.2) is 58.1 Å². The maximum atomic E-state index is 13.7. The number of nitrogens with zero attached hydrogens (tertiary/aromatic N) is 4. The predicted octanol–water partition coefficient (Wildman–Crippen LogP) is 5.12. The van der Waals surface area contributed by atoms with Crippen molar-refractivity contribution in [1.82, 2.24) is 24.4 Å². The first-order chi connectivity index (χ1) is 21.3. The SMILES string of the molecule is CCN(CC)S(=O)(=O)c1ccc(C(=O)NCc2nnc(SCC(=O)Nc3ccccc3C(F)(F)F)n2-c2ccc(F)cc2)cc1. The van der Waals surface area contributed by atoms with E-state index in [0.717, 1.165) is 23.9 Å². The highest BCUT2D eigenvalue weighted by atomic mass is 32.2. The van der Waals surface area contributed by atoms with Crippen LogP contribution < -0.4 is 10.6 Å². The van der Waals surface area contributed by atoms with Crippen LogP contribution in [0.2, 0.25) is 0 Å². The largest absolute Gasteiger partial charge is 0.418 e. The highest BCUT2D eigenvalue weighted by Crippen LogP contribution is 2.34.